The second-order valence-corrected chi connectivity index (χ2v) is 6.83. The lowest BCUT2D eigenvalue weighted by Crippen LogP contribution is -2.36. The molecule has 0 atom stereocenters. The Hall–Kier alpha value is -0.890. The molecule has 1 N–H and O–H groups in total. The fourth-order valence-electron chi connectivity index (χ4n) is 4.25. The van der Waals surface area contributed by atoms with Gasteiger partial charge in [0.15, 0.2) is 0 Å². The van der Waals surface area contributed by atoms with E-state index >= 15 is 0 Å². The average molecular weight is 272 g/mol. The van der Waals surface area contributed by atoms with E-state index in [-0.39, 0.29) is 0 Å². The Kier molecular flexibility index (Phi) is 4.40. The Morgan fingerprint density at radius 1 is 1.20 bits per heavy atom. The van der Waals surface area contributed by atoms with Gasteiger partial charge in [-0.15, -0.1) is 0 Å². The van der Waals surface area contributed by atoms with Crippen LogP contribution < -0.4 is 5.32 Å². The van der Waals surface area contributed by atoms with Crippen LogP contribution in [0.1, 0.15) is 69.5 Å². The number of aryl methyl sites for hydroxylation is 1. The Bertz CT molecular complexity index is 425. The highest BCUT2D eigenvalue weighted by atomic mass is 14.9. The van der Waals surface area contributed by atoms with Crippen molar-refractivity contribution in [2.45, 2.75) is 77.3 Å². The molecule has 0 bridgehead atoms. The molecule has 0 aliphatic heterocycles. The first kappa shape index (κ1) is 14.1. The van der Waals surface area contributed by atoms with Crippen LogP contribution in [-0.4, -0.2) is 11.0 Å². The summed E-state index contributed by atoms with van der Waals surface area (Å²) in [5, 5.41) is 3.76. The third-order valence-corrected chi connectivity index (χ3v) is 5.63. The van der Waals surface area contributed by atoms with Crippen molar-refractivity contribution >= 4 is 0 Å². The second kappa shape index (κ2) is 6.26. The van der Waals surface area contributed by atoms with Gasteiger partial charge in [-0.2, -0.15) is 0 Å². The van der Waals surface area contributed by atoms with E-state index in [1.54, 1.807) is 0 Å². The third-order valence-electron chi connectivity index (χ3n) is 5.63. The molecule has 1 heterocycles. The molecule has 1 aromatic rings. The summed E-state index contributed by atoms with van der Waals surface area (Å²) >= 11 is 0. The molecule has 2 aliphatic carbocycles. The van der Waals surface area contributed by atoms with Gasteiger partial charge in [0, 0.05) is 18.8 Å². The molecule has 2 fully saturated rings. The van der Waals surface area contributed by atoms with Crippen LogP contribution in [0.15, 0.2) is 18.3 Å². The van der Waals surface area contributed by atoms with Gasteiger partial charge in [-0.1, -0.05) is 25.8 Å². The van der Waals surface area contributed by atoms with Crippen molar-refractivity contribution in [1.82, 2.24) is 10.3 Å². The number of nitrogens with zero attached hydrogens (tertiary/aromatic N) is 1. The molecule has 0 amide bonds. The van der Waals surface area contributed by atoms with Crippen LogP contribution in [0.25, 0.3) is 0 Å². The van der Waals surface area contributed by atoms with Crippen molar-refractivity contribution in [2.24, 2.45) is 5.41 Å². The zero-order valence-corrected chi connectivity index (χ0v) is 12.8. The Labute approximate surface area is 123 Å². The SMILES string of the molecule is CCc1cccnc1CNC1CCC2(CCCC2)CC1. The molecule has 20 heavy (non-hydrogen) atoms. The Morgan fingerprint density at radius 2 is 1.95 bits per heavy atom. The van der Waals surface area contributed by atoms with Crippen LogP contribution in [0.3, 0.4) is 0 Å². The largest absolute Gasteiger partial charge is 0.308 e. The smallest absolute Gasteiger partial charge is 0.0573 e. The predicted octanol–water partition coefficient (Wildman–Crippen LogP) is 4.24. The zero-order chi connectivity index (χ0) is 13.8. The average Bonchev–Trinajstić information content (AvgIpc) is 2.95. The first-order chi connectivity index (χ1) is 9.81. The summed E-state index contributed by atoms with van der Waals surface area (Å²) in [5.41, 5.74) is 3.39. The molecule has 0 radical (unpaired) electrons. The maximum absolute atomic E-state index is 4.54. The quantitative estimate of drug-likeness (QED) is 0.887. The Balaban J connectivity index is 1.50. The van der Waals surface area contributed by atoms with Crippen molar-refractivity contribution in [3.63, 3.8) is 0 Å². The number of aromatic nitrogens is 1. The minimum atomic E-state index is 0.716. The second-order valence-electron chi connectivity index (χ2n) is 6.83. The van der Waals surface area contributed by atoms with Crippen molar-refractivity contribution < 1.29 is 0 Å². The first-order valence-electron chi connectivity index (χ1n) is 8.47. The fraction of sp³-hybridized carbons (Fsp3) is 0.722. The first-order valence-corrected chi connectivity index (χ1v) is 8.47. The molecule has 3 rings (SSSR count). The molecular weight excluding hydrogens is 244 g/mol. The fourth-order valence-corrected chi connectivity index (χ4v) is 4.25. The molecule has 1 aromatic heterocycles. The molecule has 1 spiro atoms. The highest BCUT2D eigenvalue weighted by Gasteiger charge is 2.37. The molecule has 0 unspecified atom stereocenters. The van der Waals surface area contributed by atoms with Gasteiger partial charge in [-0.05, 0) is 62.0 Å². The topological polar surface area (TPSA) is 24.9 Å². The number of nitrogens with one attached hydrogen (secondary N) is 1. The van der Waals surface area contributed by atoms with Gasteiger partial charge in [0.05, 0.1) is 5.69 Å². The summed E-state index contributed by atoms with van der Waals surface area (Å²) in [5.74, 6) is 0. The number of pyridine rings is 1. The maximum Gasteiger partial charge on any atom is 0.0573 e. The van der Waals surface area contributed by atoms with E-state index in [2.05, 4.69) is 23.3 Å². The van der Waals surface area contributed by atoms with E-state index in [0.717, 1.165) is 18.4 Å². The molecule has 110 valence electrons. The van der Waals surface area contributed by atoms with E-state index in [1.807, 2.05) is 12.3 Å². The standard InChI is InChI=1S/C18H28N2/c1-2-15-6-5-13-19-17(15)14-20-16-7-11-18(12-8-16)9-3-4-10-18/h5-6,13,16,20H,2-4,7-12,14H2,1H3. The van der Waals surface area contributed by atoms with Gasteiger partial charge in [-0.3, -0.25) is 4.98 Å². The predicted molar refractivity (Wildman–Crippen MR) is 83.6 cm³/mol. The molecular formula is C18H28N2. The molecule has 2 heteroatoms. The summed E-state index contributed by atoms with van der Waals surface area (Å²) in [7, 11) is 0. The summed E-state index contributed by atoms with van der Waals surface area (Å²) in [6.45, 7) is 3.16. The van der Waals surface area contributed by atoms with Crippen molar-refractivity contribution in [1.29, 1.82) is 0 Å². The lowest BCUT2D eigenvalue weighted by molar-refractivity contribution is 0.168. The van der Waals surface area contributed by atoms with Gasteiger partial charge >= 0.3 is 0 Å². The monoisotopic (exact) mass is 272 g/mol. The third kappa shape index (κ3) is 3.06. The van der Waals surface area contributed by atoms with Gasteiger partial charge in [-0.25, -0.2) is 0 Å². The van der Waals surface area contributed by atoms with E-state index in [0.29, 0.717) is 6.04 Å². The maximum atomic E-state index is 4.54. The minimum absolute atomic E-state index is 0.716. The lowest BCUT2D eigenvalue weighted by Gasteiger charge is -2.37. The summed E-state index contributed by atoms with van der Waals surface area (Å²) in [4.78, 5) is 4.54. The minimum Gasteiger partial charge on any atom is -0.308 e. The van der Waals surface area contributed by atoms with Crippen LogP contribution in [0.4, 0.5) is 0 Å². The van der Waals surface area contributed by atoms with E-state index in [4.69, 9.17) is 0 Å². The number of hydrogen-bond acceptors (Lipinski definition) is 2. The van der Waals surface area contributed by atoms with E-state index in [9.17, 15) is 0 Å². The van der Waals surface area contributed by atoms with E-state index in [1.165, 1.54) is 62.6 Å². The molecule has 2 nitrogen and oxygen atoms in total. The Morgan fingerprint density at radius 3 is 2.65 bits per heavy atom. The number of hydrogen-bond donors (Lipinski definition) is 1. The summed E-state index contributed by atoms with van der Waals surface area (Å²) in [6, 6.07) is 4.97. The molecule has 2 saturated carbocycles. The van der Waals surface area contributed by atoms with Crippen LogP contribution in [0.5, 0.6) is 0 Å². The molecule has 2 aliphatic rings. The normalized spacial score (nSPS) is 22.4. The highest BCUT2D eigenvalue weighted by Crippen LogP contribution is 2.48. The lowest BCUT2D eigenvalue weighted by atomic mass is 9.71. The molecule has 0 saturated heterocycles. The van der Waals surface area contributed by atoms with Crippen LogP contribution in [-0.2, 0) is 13.0 Å². The van der Waals surface area contributed by atoms with Crippen LogP contribution >= 0.6 is 0 Å². The van der Waals surface area contributed by atoms with Gasteiger partial charge in [0.1, 0.15) is 0 Å². The van der Waals surface area contributed by atoms with Crippen molar-refractivity contribution in [2.75, 3.05) is 0 Å². The van der Waals surface area contributed by atoms with Crippen molar-refractivity contribution in [3.05, 3.63) is 29.6 Å². The zero-order valence-electron chi connectivity index (χ0n) is 12.8. The van der Waals surface area contributed by atoms with E-state index < -0.39 is 0 Å². The van der Waals surface area contributed by atoms with Gasteiger partial charge < -0.3 is 5.32 Å². The summed E-state index contributed by atoms with van der Waals surface area (Å²) in [6.07, 6.45) is 14.6. The molecule has 0 aromatic carbocycles. The van der Waals surface area contributed by atoms with Crippen molar-refractivity contribution in [3.8, 4) is 0 Å². The highest BCUT2D eigenvalue weighted by molar-refractivity contribution is 5.19. The number of rotatable bonds is 4. The van der Waals surface area contributed by atoms with Crippen LogP contribution in [0, 0.1) is 5.41 Å². The van der Waals surface area contributed by atoms with Gasteiger partial charge in [0.25, 0.3) is 0 Å². The summed E-state index contributed by atoms with van der Waals surface area (Å²) < 4.78 is 0. The van der Waals surface area contributed by atoms with Crippen LogP contribution in [0.2, 0.25) is 0 Å². The van der Waals surface area contributed by atoms with Gasteiger partial charge in [0.2, 0.25) is 0 Å².